The minimum absolute atomic E-state index is 0.000208. The minimum atomic E-state index is -0.0759. The summed E-state index contributed by atoms with van der Waals surface area (Å²) in [6.45, 7) is 4.23. The Hall–Kier alpha value is -2.69. The SMILES string of the molecule is CC(C)N(C)c1ccc(C=C2CCc3c(ccc(=O)n3C)C2=O)cn1. The molecule has 3 rings (SSSR count). The molecule has 0 atom stereocenters. The van der Waals surface area contributed by atoms with Crippen LogP contribution >= 0.6 is 0 Å². The third-order valence-electron chi connectivity index (χ3n) is 4.85. The standard InChI is InChI=1S/C20H23N3O2/c1-13(2)22(3)18-9-5-14(12-21-18)11-15-6-8-17-16(20(15)25)7-10-19(24)23(17)4/h5,7,9-13H,6,8H2,1-4H3. The predicted octanol–water partition coefficient (Wildman–Crippen LogP) is 2.84. The van der Waals surface area contributed by atoms with Crippen LogP contribution in [0.2, 0.25) is 0 Å². The Bertz CT molecular complexity index is 892. The van der Waals surface area contributed by atoms with E-state index in [1.807, 2.05) is 25.3 Å². The van der Waals surface area contributed by atoms with Gasteiger partial charge in [0, 0.05) is 49.2 Å². The molecule has 0 aliphatic heterocycles. The summed E-state index contributed by atoms with van der Waals surface area (Å²) in [6, 6.07) is 7.43. The first kappa shape index (κ1) is 17.1. The Kier molecular flexibility index (Phi) is 4.57. The molecule has 2 aromatic rings. The first-order valence-corrected chi connectivity index (χ1v) is 8.51. The molecule has 2 heterocycles. The van der Waals surface area contributed by atoms with Crippen molar-refractivity contribution in [2.75, 3.05) is 11.9 Å². The van der Waals surface area contributed by atoms with Gasteiger partial charge in [0.1, 0.15) is 5.82 Å². The normalized spacial score (nSPS) is 15.6. The number of nitrogens with zero attached hydrogens (tertiary/aromatic N) is 3. The molecule has 0 aromatic carbocycles. The Morgan fingerprint density at radius 3 is 2.56 bits per heavy atom. The van der Waals surface area contributed by atoms with E-state index in [4.69, 9.17) is 0 Å². The van der Waals surface area contributed by atoms with Crippen molar-refractivity contribution in [3.8, 4) is 0 Å². The van der Waals surface area contributed by atoms with E-state index in [0.29, 0.717) is 24.4 Å². The van der Waals surface area contributed by atoms with Gasteiger partial charge in [0.25, 0.3) is 0 Å². The van der Waals surface area contributed by atoms with E-state index < -0.39 is 0 Å². The number of carbonyl (C=O) groups excluding carboxylic acids is 1. The summed E-state index contributed by atoms with van der Waals surface area (Å²) in [5.74, 6) is 0.910. The molecule has 1 aliphatic rings. The number of carbonyl (C=O) groups is 1. The Labute approximate surface area is 147 Å². The van der Waals surface area contributed by atoms with E-state index in [0.717, 1.165) is 22.6 Å². The van der Waals surface area contributed by atoms with Crippen molar-refractivity contribution in [3.05, 3.63) is 63.2 Å². The third kappa shape index (κ3) is 3.27. The molecular weight excluding hydrogens is 314 g/mol. The Balaban J connectivity index is 1.89. The molecule has 0 saturated heterocycles. The average Bonchev–Trinajstić information content (AvgIpc) is 2.60. The number of hydrogen-bond donors (Lipinski definition) is 0. The number of hydrogen-bond acceptors (Lipinski definition) is 4. The highest BCUT2D eigenvalue weighted by molar-refractivity contribution is 6.12. The summed E-state index contributed by atoms with van der Waals surface area (Å²) < 4.78 is 1.57. The lowest BCUT2D eigenvalue weighted by Gasteiger charge is -2.22. The molecule has 25 heavy (non-hydrogen) atoms. The molecule has 130 valence electrons. The summed E-state index contributed by atoms with van der Waals surface area (Å²) in [7, 11) is 3.73. The molecule has 0 spiro atoms. The summed E-state index contributed by atoms with van der Waals surface area (Å²) in [5, 5.41) is 0. The lowest BCUT2D eigenvalue weighted by molar-refractivity contribution is 0.102. The van der Waals surface area contributed by atoms with Gasteiger partial charge in [-0.15, -0.1) is 0 Å². The molecule has 0 amide bonds. The molecule has 1 aliphatic carbocycles. The van der Waals surface area contributed by atoms with Gasteiger partial charge < -0.3 is 9.47 Å². The highest BCUT2D eigenvalue weighted by Gasteiger charge is 2.23. The van der Waals surface area contributed by atoms with Gasteiger partial charge in [-0.05, 0) is 56.5 Å². The van der Waals surface area contributed by atoms with Crippen LogP contribution in [0.4, 0.5) is 5.82 Å². The molecular formula is C20H23N3O2. The predicted molar refractivity (Wildman–Crippen MR) is 100 cm³/mol. The van der Waals surface area contributed by atoms with Gasteiger partial charge in [-0.2, -0.15) is 0 Å². The average molecular weight is 337 g/mol. The number of anilines is 1. The largest absolute Gasteiger partial charge is 0.357 e. The number of fused-ring (bicyclic) bond motifs is 1. The second kappa shape index (κ2) is 6.67. The highest BCUT2D eigenvalue weighted by atomic mass is 16.1. The van der Waals surface area contributed by atoms with Crippen LogP contribution in [-0.4, -0.2) is 28.4 Å². The van der Waals surface area contributed by atoms with Crippen molar-refractivity contribution < 1.29 is 4.79 Å². The molecule has 0 saturated carbocycles. The van der Waals surface area contributed by atoms with Gasteiger partial charge in [0.15, 0.2) is 5.78 Å². The first-order chi connectivity index (χ1) is 11.9. The van der Waals surface area contributed by atoms with Crippen molar-refractivity contribution >= 4 is 17.7 Å². The third-order valence-corrected chi connectivity index (χ3v) is 4.85. The van der Waals surface area contributed by atoms with Crippen LogP contribution < -0.4 is 10.5 Å². The maximum Gasteiger partial charge on any atom is 0.250 e. The maximum absolute atomic E-state index is 12.7. The summed E-state index contributed by atoms with van der Waals surface area (Å²) in [4.78, 5) is 31.0. The van der Waals surface area contributed by atoms with Gasteiger partial charge in [-0.1, -0.05) is 0 Å². The van der Waals surface area contributed by atoms with E-state index >= 15 is 0 Å². The van der Waals surface area contributed by atoms with Crippen molar-refractivity contribution in [2.45, 2.75) is 32.7 Å². The zero-order chi connectivity index (χ0) is 18.1. The van der Waals surface area contributed by atoms with Crippen LogP contribution in [-0.2, 0) is 13.5 Å². The summed E-state index contributed by atoms with van der Waals surface area (Å²) in [5.41, 5.74) is 3.05. The van der Waals surface area contributed by atoms with Crippen LogP contribution in [0.15, 0.2) is 40.8 Å². The lowest BCUT2D eigenvalue weighted by atomic mass is 9.89. The monoisotopic (exact) mass is 337 g/mol. The van der Waals surface area contributed by atoms with E-state index in [1.54, 1.807) is 23.9 Å². The van der Waals surface area contributed by atoms with Gasteiger partial charge in [-0.25, -0.2) is 4.98 Å². The molecule has 0 fully saturated rings. The molecule has 0 N–H and O–H groups in total. The molecule has 0 unspecified atom stereocenters. The number of rotatable bonds is 3. The van der Waals surface area contributed by atoms with Gasteiger partial charge in [0.2, 0.25) is 5.56 Å². The number of aromatic nitrogens is 2. The zero-order valence-corrected chi connectivity index (χ0v) is 15.1. The van der Waals surface area contributed by atoms with Crippen LogP contribution in [0.1, 0.15) is 41.9 Å². The zero-order valence-electron chi connectivity index (χ0n) is 15.1. The fraction of sp³-hybridized carbons (Fsp3) is 0.350. The van der Waals surface area contributed by atoms with Crippen LogP contribution in [0.3, 0.4) is 0 Å². The van der Waals surface area contributed by atoms with Crippen LogP contribution in [0.5, 0.6) is 0 Å². The van der Waals surface area contributed by atoms with Gasteiger partial charge in [0.05, 0.1) is 0 Å². The van der Waals surface area contributed by atoms with E-state index in [1.165, 1.54) is 6.07 Å². The molecule has 0 radical (unpaired) electrons. The van der Waals surface area contributed by atoms with Crippen molar-refractivity contribution in [3.63, 3.8) is 0 Å². The number of ketones is 1. The highest BCUT2D eigenvalue weighted by Crippen LogP contribution is 2.25. The fourth-order valence-electron chi connectivity index (χ4n) is 3.02. The number of pyridine rings is 2. The van der Waals surface area contributed by atoms with E-state index in [2.05, 4.69) is 23.7 Å². The van der Waals surface area contributed by atoms with Gasteiger partial charge in [-0.3, -0.25) is 9.59 Å². The van der Waals surface area contributed by atoms with Crippen molar-refractivity contribution in [1.82, 2.24) is 9.55 Å². The molecule has 5 heteroatoms. The van der Waals surface area contributed by atoms with E-state index in [-0.39, 0.29) is 11.3 Å². The summed E-state index contributed by atoms with van der Waals surface area (Å²) >= 11 is 0. The molecule has 5 nitrogen and oxygen atoms in total. The lowest BCUT2D eigenvalue weighted by Crippen LogP contribution is -2.26. The number of allylic oxidation sites excluding steroid dienone is 1. The van der Waals surface area contributed by atoms with Crippen molar-refractivity contribution in [1.29, 1.82) is 0 Å². The van der Waals surface area contributed by atoms with E-state index in [9.17, 15) is 9.59 Å². The Morgan fingerprint density at radius 2 is 1.92 bits per heavy atom. The quantitative estimate of drug-likeness (QED) is 0.808. The van der Waals surface area contributed by atoms with Crippen LogP contribution in [0, 0.1) is 0 Å². The minimum Gasteiger partial charge on any atom is -0.357 e. The fourth-order valence-corrected chi connectivity index (χ4v) is 3.02. The van der Waals surface area contributed by atoms with Crippen molar-refractivity contribution in [2.24, 2.45) is 7.05 Å². The topological polar surface area (TPSA) is 55.2 Å². The second-order valence-corrected chi connectivity index (χ2v) is 6.74. The van der Waals surface area contributed by atoms with Gasteiger partial charge >= 0.3 is 0 Å². The second-order valence-electron chi connectivity index (χ2n) is 6.74. The smallest absolute Gasteiger partial charge is 0.250 e. The Morgan fingerprint density at radius 1 is 1.16 bits per heavy atom. The summed E-state index contributed by atoms with van der Waals surface area (Å²) in [6.07, 6.45) is 5.03. The van der Waals surface area contributed by atoms with Crippen LogP contribution in [0.25, 0.3) is 6.08 Å². The first-order valence-electron chi connectivity index (χ1n) is 8.51. The maximum atomic E-state index is 12.7. The number of Topliss-reactive ketones (excluding diaryl/α,β-unsaturated/α-hetero) is 1. The molecule has 0 bridgehead atoms. The molecule has 2 aromatic heterocycles.